The second-order valence-corrected chi connectivity index (χ2v) is 8.01. The summed E-state index contributed by atoms with van der Waals surface area (Å²) in [5.74, 6) is 4.10. The summed E-state index contributed by atoms with van der Waals surface area (Å²) in [4.78, 5) is 31.6. The van der Waals surface area contributed by atoms with Gasteiger partial charge >= 0.3 is 12.1 Å². The molecule has 2 N–H and O–H groups in total. The lowest BCUT2D eigenvalue weighted by Gasteiger charge is -2.35. The number of hydrogen-bond acceptors (Lipinski definition) is 5. The van der Waals surface area contributed by atoms with E-state index in [9.17, 15) is 27.9 Å². The summed E-state index contributed by atoms with van der Waals surface area (Å²) in [5, 5.41) is 18.7. The molecule has 2 aromatic carbocycles. The number of alkyl halides is 3. The summed E-state index contributed by atoms with van der Waals surface area (Å²) in [6.07, 6.45) is -3.05. The molecule has 1 aliphatic rings. The van der Waals surface area contributed by atoms with Crippen LogP contribution in [0.4, 0.5) is 19.0 Å². The van der Waals surface area contributed by atoms with Gasteiger partial charge in [-0.25, -0.2) is 9.78 Å². The van der Waals surface area contributed by atoms with Gasteiger partial charge in [-0.3, -0.25) is 4.79 Å². The molecule has 2 heterocycles. The number of aromatic hydroxyl groups is 1. The first-order chi connectivity index (χ1) is 17.1. The fraction of sp³-hybridized carbons (Fsp3) is 0.192. The van der Waals surface area contributed by atoms with E-state index < -0.39 is 23.6 Å². The smallest absolute Gasteiger partial charge is 0.417 e. The van der Waals surface area contributed by atoms with Crippen molar-refractivity contribution < 1.29 is 33.0 Å². The number of carboxylic acid groups (broad SMARTS) is 1. The van der Waals surface area contributed by atoms with Crippen LogP contribution < -0.4 is 4.90 Å². The Balaban J connectivity index is 1.40. The van der Waals surface area contributed by atoms with E-state index >= 15 is 0 Å². The van der Waals surface area contributed by atoms with E-state index in [0.29, 0.717) is 30.0 Å². The molecule has 184 valence electrons. The Bertz CT molecular complexity index is 1350. The summed E-state index contributed by atoms with van der Waals surface area (Å²) >= 11 is 0. The van der Waals surface area contributed by atoms with E-state index in [0.717, 1.165) is 6.07 Å². The van der Waals surface area contributed by atoms with Crippen LogP contribution in [0.3, 0.4) is 0 Å². The van der Waals surface area contributed by atoms with Crippen LogP contribution in [0.15, 0.2) is 60.8 Å². The molecule has 4 rings (SSSR count). The topological polar surface area (TPSA) is 94.0 Å². The van der Waals surface area contributed by atoms with Crippen molar-refractivity contribution in [2.24, 2.45) is 0 Å². The predicted molar refractivity (Wildman–Crippen MR) is 125 cm³/mol. The van der Waals surface area contributed by atoms with Crippen molar-refractivity contribution in [3.05, 3.63) is 88.6 Å². The van der Waals surface area contributed by atoms with Gasteiger partial charge in [0, 0.05) is 43.5 Å². The average molecular weight is 495 g/mol. The van der Waals surface area contributed by atoms with Crippen molar-refractivity contribution in [2.75, 3.05) is 31.1 Å². The van der Waals surface area contributed by atoms with Crippen LogP contribution in [-0.2, 0) is 6.18 Å². The van der Waals surface area contributed by atoms with E-state index in [2.05, 4.69) is 16.8 Å². The molecular weight excluding hydrogens is 475 g/mol. The lowest BCUT2D eigenvalue weighted by atomic mass is 10.1. The van der Waals surface area contributed by atoms with Gasteiger partial charge in [-0.1, -0.05) is 24.0 Å². The molecule has 1 aliphatic heterocycles. The van der Waals surface area contributed by atoms with E-state index in [-0.39, 0.29) is 30.0 Å². The van der Waals surface area contributed by atoms with Crippen molar-refractivity contribution in [3.8, 4) is 17.6 Å². The highest BCUT2D eigenvalue weighted by molar-refractivity contribution is 5.96. The van der Waals surface area contributed by atoms with Crippen molar-refractivity contribution in [1.82, 2.24) is 9.88 Å². The largest absolute Gasteiger partial charge is 0.507 e. The van der Waals surface area contributed by atoms with Crippen LogP contribution >= 0.6 is 0 Å². The molecule has 1 amide bonds. The lowest BCUT2D eigenvalue weighted by Crippen LogP contribution is -2.49. The quantitative estimate of drug-likeness (QED) is 0.536. The number of hydrogen-bond donors (Lipinski definition) is 2. The van der Waals surface area contributed by atoms with Crippen LogP contribution in [0.25, 0.3) is 0 Å². The summed E-state index contributed by atoms with van der Waals surface area (Å²) in [6.45, 7) is 1.31. The zero-order valence-electron chi connectivity index (χ0n) is 18.8. The Morgan fingerprint density at radius 3 is 2.19 bits per heavy atom. The zero-order valence-corrected chi connectivity index (χ0v) is 18.8. The third-order valence-electron chi connectivity index (χ3n) is 5.68. The number of carbonyl (C=O) groups excluding carboxylic acids is 1. The highest BCUT2D eigenvalue weighted by Crippen LogP contribution is 2.32. The highest BCUT2D eigenvalue weighted by Gasteiger charge is 2.36. The van der Waals surface area contributed by atoms with Crippen molar-refractivity contribution >= 4 is 17.7 Å². The van der Waals surface area contributed by atoms with Crippen molar-refractivity contribution in [1.29, 1.82) is 0 Å². The SMILES string of the molecule is O=C(O)c1cc(C#Cc2ccc(N3CCN(C(=O)c4ccccc4C(F)(F)F)CC3)nc2)ccc1O. The van der Waals surface area contributed by atoms with Gasteiger partial charge in [0.15, 0.2) is 0 Å². The van der Waals surface area contributed by atoms with Gasteiger partial charge in [0.25, 0.3) is 5.91 Å². The number of phenols is 1. The molecule has 0 atom stereocenters. The number of carbonyl (C=O) groups is 2. The van der Waals surface area contributed by atoms with E-state index in [4.69, 9.17) is 5.11 Å². The van der Waals surface area contributed by atoms with Crippen LogP contribution in [0.5, 0.6) is 5.75 Å². The molecule has 1 aromatic heterocycles. The Morgan fingerprint density at radius 1 is 0.889 bits per heavy atom. The Kier molecular flexibility index (Phi) is 6.83. The number of benzene rings is 2. The second kappa shape index (κ2) is 10.00. The minimum atomic E-state index is -4.61. The number of amides is 1. The van der Waals surface area contributed by atoms with Gasteiger partial charge in [0.2, 0.25) is 0 Å². The fourth-order valence-electron chi connectivity index (χ4n) is 3.80. The molecule has 0 spiro atoms. The standard InChI is InChI=1S/C26H20F3N3O4/c27-26(28,29)21-4-2-1-3-19(21)24(34)32-13-11-31(12-14-32)23-10-8-18(16-30-23)6-5-17-7-9-22(33)20(15-17)25(35)36/h1-4,7-10,15-16,33H,11-14H2,(H,35,36). The summed E-state index contributed by atoms with van der Waals surface area (Å²) in [7, 11) is 0. The molecule has 36 heavy (non-hydrogen) atoms. The first-order valence-corrected chi connectivity index (χ1v) is 10.9. The fourth-order valence-corrected chi connectivity index (χ4v) is 3.80. The van der Waals surface area contributed by atoms with Crippen molar-refractivity contribution in [3.63, 3.8) is 0 Å². The molecule has 1 saturated heterocycles. The number of carboxylic acids is 1. The van der Waals surface area contributed by atoms with Crippen LogP contribution in [0.1, 0.15) is 37.4 Å². The number of piperazine rings is 1. The maximum absolute atomic E-state index is 13.3. The maximum Gasteiger partial charge on any atom is 0.417 e. The second-order valence-electron chi connectivity index (χ2n) is 8.01. The van der Waals surface area contributed by atoms with Crippen molar-refractivity contribution in [2.45, 2.75) is 6.18 Å². The number of nitrogens with zero attached hydrogens (tertiary/aromatic N) is 3. The van der Waals surface area contributed by atoms with Gasteiger partial charge in [0.05, 0.1) is 11.1 Å². The lowest BCUT2D eigenvalue weighted by molar-refractivity contribution is -0.138. The number of anilines is 1. The minimum absolute atomic E-state index is 0.241. The van der Waals surface area contributed by atoms with Crippen LogP contribution in [-0.4, -0.2) is 58.2 Å². The molecular formula is C26H20F3N3O4. The number of pyridine rings is 1. The van der Waals surface area contributed by atoms with E-state index in [1.165, 1.54) is 41.3 Å². The third-order valence-corrected chi connectivity index (χ3v) is 5.68. The van der Waals surface area contributed by atoms with Gasteiger partial charge < -0.3 is 20.0 Å². The molecule has 1 fully saturated rings. The van der Waals surface area contributed by atoms with E-state index in [1.54, 1.807) is 18.3 Å². The number of rotatable bonds is 3. The maximum atomic E-state index is 13.3. The number of aromatic carboxylic acids is 1. The highest BCUT2D eigenvalue weighted by atomic mass is 19.4. The molecule has 0 bridgehead atoms. The molecule has 7 nitrogen and oxygen atoms in total. The summed E-state index contributed by atoms with van der Waals surface area (Å²) in [5.41, 5.74) is -0.538. The van der Waals surface area contributed by atoms with Gasteiger partial charge in [-0.2, -0.15) is 13.2 Å². The summed E-state index contributed by atoms with van der Waals surface area (Å²) < 4.78 is 39.8. The summed E-state index contributed by atoms with van der Waals surface area (Å²) in [6, 6.07) is 12.3. The van der Waals surface area contributed by atoms with Gasteiger partial charge in [-0.05, 0) is 42.5 Å². The predicted octanol–water partition coefficient (Wildman–Crippen LogP) is 3.87. The van der Waals surface area contributed by atoms with Gasteiger partial charge in [-0.15, -0.1) is 0 Å². The molecule has 0 unspecified atom stereocenters. The Labute approximate surface area is 204 Å². The van der Waals surface area contributed by atoms with E-state index in [1.807, 2.05) is 4.90 Å². The Hall–Kier alpha value is -4.52. The minimum Gasteiger partial charge on any atom is -0.507 e. The van der Waals surface area contributed by atoms with Crippen LogP contribution in [0.2, 0.25) is 0 Å². The molecule has 0 aliphatic carbocycles. The monoisotopic (exact) mass is 495 g/mol. The Morgan fingerprint density at radius 2 is 1.56 bits per heavy atom. The number of aromatic nitrogens is 1. The first kappa shape index (κ1) is 24.6. The van der Waals surface area contributed by atoms with Gasteiger partial charge in [0.1, 0.15) is 17.1 Å². The first-order valence-electron chi connectivity index (χ1n) is 10.9. The molecule has 10 heteroatoms. The molecule has 3 aromatic rings. The third kappa shape index (κ3) is 5.41. The zero-order chi connectivity index (χ0) is 25.9. The normalized spacial score (nSPS) is 13.6. The molecule has 0 radical (unpaired) electrons. The van der Waals surface area contributed by atoms with Crippen LogP contribution in [0, 0.1) is 11.8 Å². The molecule has 0 saturated carbocycles. The average Bonchev–Trinajstić information content (AvgIpc) is 2.87. The number of halogens is 3.